The number of carbonyl (C=O) groups is 1. The fourth-order valence-corrected chi connectivity index (χ4v) is 1.36. The Bertz CT molecular complexity index is 285. The molecule has 18 heavy (non-hydrogen) atoms. The van der Waals surface area contributed by atoms with Gasteiger partial charge in [-0.25, -0.2) is 0 Å². The minimum absolute atomic E-state index is 0.000413. The average Bonchev–Trinajstić information content (AvgIpc) is 2.21. The molecule has 0 rings (SSSR count). The summed E-state index contributed by atoms with van der Waals surface area (Å²) in [5.74, 6) is -0.190. The third kappa shape index (κ3) is 9.23. The molecule has 0 aliphatic rings. The van der Waals surface area contributed by atoms with Crippen molar-refractivity contribution in [3.05, 3.63) is 12.2 Å². The van der Waals surface area contributed by atoms with Crippen LogP contribution in [-0.2, 0) is 14.3 Å². The van der Waals surface area contributed by atoms with Gasteiger partial charge in [0.2, 0.25) is 0 Å². The van der Waals surface area contributed by atoms with Gasteiger partial charge in [0.05, 0.1) is 11.7 Å². The van der Waals surface area contributed by atoms with Gasteiger partial charge >= 0.3 is 5.97 Å². The molecular formula is C15H28O3. The minimum Gasteiger partial charge on any atom is -0.463 e. The van der Waals surface area contributed by atoms with E-state index in [1.807, 2.05) is 26.8 Å². The van der Waals surface area contributed by atoms with Gasteiger partial charge in [0.25, 0.3) is 0 Å². The first-order chi connectivity index (χ1) is 8.06. The van der Waals surface area contributed by atoms with Gasteiger partial charge in [-0.15, -0.1) is 0 Å². The van der Waals surface area contributed by atoms with Gasteiger partial charge in [-0.1, -0.05) is 39.8 Å². The molecule has 0 heterocycles. The maximum absolute atomic E-state index is 11.1. The molecule has 0 fully saturated rings. The summed E-state index contributed by atoms with van der Waals surface area (Å²) >= 11 is 0. The molecule has 106 valence electrons. The minimum atomic E-state index is -0.466. The Balaban J connectivity index is 4.23. The average molecular weight is 256 g/mol. The molecule has 0 saturated heterocycles. The molecule has 0 aromatic heterocycles. The van der Waals surface area contributed by atoms with E-state index in [0.29, 0.717) is 6.42 Å². The monoisotopic (exact) mass is 256 g/mol. The van der Waals surface area contributed by atoms with Crippen LogP contribution in [0.5, 0.6) is 0 Å². The van der Waals surface area contributed by atoms with E-state index in [0.717, 1.165) is 0 Å². The van der Waals surface area contributed by atoms with Gasteiger partial charge in [0, 0.05) is 6.42 Å². The lowest BCUT2D eigenvalue weighted by Gasteiger charge is -2.28. The van der Waals surface area contributed by atoms with Crippen molar-refractivity contribution in [1.82, 2.24) is 0 Å². The quantitative estimate of drug-likeness (QED) is 0.536. The second kappa shape index (κ2) is 6.93. The van der Waals surface area contributed by atoms with Crippen molar-refractivity contribution in [3.8, 4) is 0 Å². The van der Waals surface area contributed by atoms with E-state index in [-0.39, 0.29) is 24.1 Å². The maximum atomic E-state index is 11.1. The summed E-state index contributed by atoms with van der Waals surface area (Å²) in [6.45, 7) is 14.3. The zero-order chi connectivity index (χ0) is 14.4. The van der Waals surface area contributed by atoms with Gasteiger partial charge in [-0.05, 0) is 26.2 Å². The van der Waals surface area contributed by atoms with E-state index in [1.54, 1.807) is 6.92 Å². The second-order valence-corrected chi connectivity index (χ2v) is 6.32. The third-order valence-electron chi connectivity index (χ3n) is 2.24. The van der Waals surface area contributed by atoms with Crippen molar-refractivity contribution >= 4 is 5.97 Å². The van der Waals surface area contributed by atoms with Crippen molar-refractivity contribution in [2.75, 3.05) is 6.61 Å². The van der Waals surface area contributed by atoms with Crippen LogP contribution in [-0.4, -0.2) is 24.3 Å². The van der Waals surface area contributed by atoms with E-state index in [9.17, 15) is 4.79 Å². The number of carbonyl (C=O) groups excluding carboxylic acids is 1. The zero-order valence-corrected chi connectivity index (χ0v) is 12.9. The molecule has 0 aliphatic carbocycles. The summed E-state index contributed by atoms with van der Waals surface area (Å²) in [5.41, 5.74) is -0.317. The van der Waals surface area contributed by atoms with Crippen LogP contribution < -0.4 is 0 Å². The maximum Gasteiger partial charge on any atom is 0.305 e. The van der Waals surface area contributed by atoms with Crippen LogP contribution >= 0.6 is 0 Å². The Kier molecular flexibility index (Phi) is 6.61. The van der Waals surface area contributed by atoms with E-state index in [1.165, 1.54) is 0 Å². The molecule has 0 bridgehead atoms. The molecule has 1 atom stereocenters. The number of rotatable bonds is 6. The Hall–Kier alpha value is -0.830. The lowest BCUT2D eigenvalue weighted by molar-refractivity contribution is -0.154. The molecule has 0 amide bonds. The van der Waals surface area contributed by atoms with Crippen LogP contribution in [0.15, 0.2) is 12.2 Å². The van der Waals surface area contributed by atoms with Crippen molar-refractivity contribution in [1.29, 1.82) is 0 Å². The highest BCUT2D eigenvalue weighted by Gasteiger charge is 2.22. The summed E-state index contributed by atoms with van der Waals surface area (Å²) in [7, 11) is 0. The van der Waals surface area contributed by atoms with Crippen molar-refractivity contribution in [2.45, 2.75) is 66.6 Å². The Morgan fingerprint density at radius 3 is 2.22 bits per heavy atom. The molecule has 1 unspecified atom stereocenters. The van der Waals surface area contributed by atoms with Crippen LogP contribution in [0, 0.1) is 5.41 Å². The predicted molar refractivity (Wildman–Crippen MR) is 74.5 cm³/mol. The molecule has 0 radical (unpaired) electrons. The summed E-state index contributed by atoms with van der Waals surface area (Å²) in [6, 6.07) is 0. The second-order valence-electron chi connectivity index (χ2n) is 6.32. The smallest absolute Gasteiger partial charge is 0.305 e. The molecule has 0 N–H and O–H groups in total. The number of hydrogen-bond donors (Lipinski definition) is 0. The molecular weight excluding hydrogens is 228 g/mol. The SMILES string of the molecule is CCC(=O)OCC(C)(C)OC(C)C=CC(C)(C)C. The fourth-order valence-electron chi connectivity index (χ4n) is 1.36. The normalized spacial score (nSPS) is 14.8. The van der Waals surface area contributed by atoms with Gasteiger partial charge < -0.3 is 9.47 Å². The first-order valence-corrected chi connectivity index (χ1v) is 6.58. The number of hydrogen-bond acceptors (Lipinski definition) is 3. The fraction of sp³-hybridized carbons (Fsp3) is 0.800. The highest BCUT2D eigenvalue weighted by Crippen LogP contribution is 2.18. The van der Waals surface area contributed by atoms with E-state index in [2.05, 4.69) is 26.8 Å². The van der Waals surface area contributed by atoms with Crippen molar-refractivity contribution < 1.29 is 14.3 Å². The molecule has 0 aromatic carbocycles. The van der Waals surface area contributed by atoms with Gasteiger partial charge in [-0.2, -0.15) is 0 Å². The zero-order valence-electron chi connectivity index (χ0n) is 12.9. The van der Waals surface area contributed by atoms with Gasteiger partial charge in [0.15, 0.2) is 0 Å². The first kappa shape index (κ1) is 17.2. The highest BCUT2D eigenvalue weighted by atomic mass is 16.6. The summed E-state index contributed by atoms with van der Waals surface area (Å²) in [5, 5.41) is 0. The summed E-state index contributed by atoms with van der Waals surface area (Å²) < 4.78 is 11.0. The highest BCUT2D eigenvalue weighted by molar-refractivity contribution is 5.68. The summed E-state index contributed by atoms with van der Waals surface area (Å²) in [6.07, 6.45) is 4.57. The van der Waals surface area contributed by atoms with Crippen LogP contribution in [0.2, 0.25) is 0 Å². The lowest BCUT2D eigenvalue weighted by atomic mass is 9.96. The van der Waals surface area contributed by atoms with E-state index in [4.69, 9.17) is 9.47 Å². The Labute approximate surface area is 112 Å². The van der Waals surface area contributed by atoms with E-state index < -0.39 is 5.60 Å². The standard InChI is InChI=1S/C15H28O3/c1-8-13(16)17-11-15(6,7)18-12(2)9-10-14(3,4)5/h9-10,12H,8,11H2,1-7H3. The molecule has 3 nitrogen and oxygen atoms in total. The number of ether oxygens (including phenoxy) is 2. The summed E-state index contributed by atoms with van der Waals surface area (Å²) in [4.78, 5) is 11.1. The number of allylic oxidation sites excluding steroid dienone is 1. The molecule has 3 heteroatoms. The first-order valence-electron chi connectivity index (χ1n) is 6.58. The molecule has 0 aromatic rings. The van der Waals surface area contributed by atoms with Crippen LogP contribution in [0.1, 0.15) is 54.9 Å². The van der Waals surface area contributed by atoms with Gasteiger partial charge in [0.1, 0.15) is 6.61 Å². The molecule has 0 saturated carbocycles. The Morgan fingerprint density at radius 1 is 1.22 bits per heavy atom. The molecule has 0 aliphatic heterocycles. The van der Waals surface area contributed by atoms with E-state index >= 15 is 0 Å². The lowest BCUT2D eigenvalue weighted by Crippen LogP contribution is -2.34. The molecule has 0 spiro atoms. The largest absolute Gasteiger partial charge is 0.463 e. The predicted octanol–water partition coefficient (Wildman–Crippen LogP) is 3.73. The van der Waals surface area contributed by atoms with Crippen LogP contribution in [0.25, 0.3) is 0 Å². The van der Waals surface area contributed by atoms with Gasteiger partial charge in [-0.3, -0.25) is 4.79 Å². The van der Waals surface area contributed by atoms with Crippen molar-refractivity contribution in [2.24, 2.45) is 5.41 Å². The van der Waals surface area contributed by atoms with Crippen LogP contribution in [0.4, 0.5) is 0 Å². The van der Waals surface area contributed by atoms with Crippen LogP contribution in [0.3, 0.4) is 0 Å². The third-order valence-corrected chi connectivity index (χ3v) is 2.24. The topological polar surface area (TPSA) is 35.5 Å². The van der Waals surface area contributed by atoms with Crippen molar-refractivity contribution in [3.63, 3.8) is 0 Å². The number of esters is 1. The Morgan fingerprint density at radius 2 is 1.78 bits per heavy atom.